The maximum Gasteiger partial charge on any atom is 0.0895 e. The van der Waals surface area contributed by atoms with Crippen LogP contribution in [0.1, 0.15) is 12.0 Å². The monoisotopic (exact) mass is 209 g/mol. The molecule has 0 radical (unpaired) electrons. The van der Waals surface area contributed by atoms with Gasteiger partial charge in [0, 0.05) is 13.2 Å². The van der Waals surface area contributed by atoms with Gasteiger partial charge in [-0.1, -0.05) is 30.3 Å². The van der Waals surface area contributed by atoms with Gasteiger partial charge in [-0.2, -0.15) is 0 Å². The quantitative estimate of drug-likeness (QED) is 0.657. The molecule has 0 amide bonds. The molecular weight excluding hydrogens is 190 g/mol. The van der Waals surface area contributed by atoms with Crippen molar-refractivity contribution in [1.29, 1.82) is 0 Å². The summed E-state index contributed by atoms with van der Waals surface area (Å²) < 4.78 is 5.28. The van der Waals surface area contributed by atoms with Crippen molar-refractivity contribution >= 4 is 0 Å². The first-order valence-electron chi connectivity index (χ1n) is 5.32. The fourth-order valence-corrected chi connectivity index (χ4v) is 1.31. The average Bonchev–Trinajstić information content (AvgIpc) is 2.29. The number of benzene rings is 1. The van der Waals surface area contributed by atoms with Crippen molar-refractivity contribution in [2.75, 3.05) is 19.8 Å². The molecule has 3 heteroatoms. The van der Waals surface area contributed by atoms with Gasteiger partial charge in [0.15, 0.2) is 0 Å². The predicted molar refractivity (Wildman–Crippen MR) is 60.6 cm³/mol. The molecule has 15 heavy (non-hydrogen) atoms. The van der Waals surface area contributed by atoms with Crippen LogP contribution in [-0.2, 0) is 11.2 Å². The molecule has 0 heterocycles. The van der Waals surface area contributed by atoms with E-state index in [1.165, 1.54) is 5.56 Å². The van der Waals surface area contributed by atoms with E-state index in [4.69, 9.17) is 15.6 Å². The number of rotatable bonds is 7. The van der Waals surface area contributed by atoms with Gasteiger partial charge in [-0.25, -0.2) is 0 Å². The largest absolute Gasteiger partial charge is 0.389 e. The molecular formula is C12H19NO2. The zero-order chi connectivity index (χ0) is 10.9. The fourth-order valence-electron chi connectivity index (χ4n) is 1.31. The summed E-state index contributed by atoms with van der Waals surface area (Å²) in [7, 11) is 0. The molecule has 0 unspecified atom stereocenters. The Hall–Kier alpha value is -0.900. The number of hydrogen-bond donors (Lipinski definition) is 2. The van der Waals surface area contributed by atoms with Gasteiger partial charge in [-0.3, -0.25) is 0 Å². The van der Waals surface area contributed by atoms with Gasteiger partial charge < -0.3 is 15.6 Å². The summed E-state index contributed by atoms with van der Waals surface area (Å²) in [5.41, 5.74) is 6.57. The van der Waals surface area contributed by atoms with Crippen LogP contribution in [0, 0.1) is 0 Å². The number of aryl methyl sites for hydroxylation is 1. The van der Waals surface area contributed by atoms with Crippen LogP contribution in [0.5, 0.6) is 0 Å². The van der Waals surface area contributed by atoms with E-state index in [0.29, 0.717) is 13.2 Å². The number of ether oxygens (including phenoxy) is 1. The molecule has 1 rings (SSSR count). The first-order chi connectivity index (χ1) is 7.33. The van der Waals surface area contributed by atoms with Crippen LogP contribution in [-0.4, -0.2) is 31.0 Å². The molecule has 0 aromatic heterocycles. The van der Waals surface area contributed by atoms with E-state index >= 15 is 0 Å². The molecule has 0 aliphatic rings. The summed E-state index contributed by atoms with van der Waals surface area (Å²) in [6, 6.07) is 10.3. The molecule has 1 atom stereocenters. The van der Waals surface area contributed by atoms with Gasteiger partial charge in [0.05, 0.1) is 12.7 Å². The third kappa shape index (κ3) is 5.52. The van der Waals surface area contributed by atoms with Crippen LogP contribution >= 0.6 is 0 Å². The van der Waals surface area contributed by atoms with E-state index in [-0.39, 0.29) is 6.54 Å². The van der Waals surface area contributed by atoms with Gasteiger partial charge in [-0.05, 0) is 18.4 Å². The highest BCUT2D eigenvalue weighted by Gasteiger charge is 1.99. The zero-order valence-corrected chi connectivity index (χ0v) is 8.93. The number of nitrogens with two attached hydrogens (primary N) is 1. The smallest absolute Gasteiger partial charge is 0.0895 e. The molecule has 0 spiro atoms. The van der Waals surface area contributed by atoms with Gasteiger partial charge in [-0.15, -0.1) is 0 Å². The van der Waals surface area contributed by atoms with Crippen molar-refractivity contribution in [2.45, 2.75) is 18.9 Å². The highest BCUT2D eigenvalue weighted by Crippen LogP contribution is 2.02. The average molecular weight is 209 g/mol. The van der Waals surface area contributed by atoms with Crippen molar-refractivity contribution in [2.24, 2.45) is 5.73 Å². The molecule has 0 saturated heterocycles. The molecule has 0 fully saturated rings. The Morgan fingerprint density at radius 2 is 2.00 bits per heavy atom. The Labute approximate surface area is 90.9 Å². The highest BCUT2D eigenvalue weighted by molar-refractivity contribution is 5.14. The van der Waals surface area contributed by atoms with E-state index in [0.717, 1.165) is 12.8 Å². The second-order valence-electron chi connectivity index (χ2n) is 3.55. The molecule has 0 bridgehead atoms. The van der Waals surface area contributed by atoms with Crippen LogP contribution in [0.15, 0.2) is 30.3 Å². The SMILES string of the molecule is NC[C@H](O)COCCCc1ccccc1. The Morgan fingerprint density at radius 1 is 1.27 bits per heavy atom. The topological polar surface area (TPSA) is 55.5 Å². The minimum atomic E-state index is -0.526. The molecule has 3 N–H and O–H groups in total. The lowest BCUT2D eigenvalue weighted by atomic mass is 10.1. The van der Waals surface area contributed by atoms with Crippen molar-refractivity contribution in [3.63, 3.8) is 0 Å². The molecule has 1 aromatic carbocycles. The zero-order valence-electron chi connectivity index (χ0n) is 8.93. The van der Waals surface area contributed by atoms with E-state index in [1.54, 1.807) is 0 Å². The number of aliphatic hydroxyl groups excluding tert-OH is 1. The molecule has 1 aromatic rings. The summed E-state index contributed by atoms with van der Waals surface area (Å²) in [5, 5.41) is 9.12. The molecule has 3 nitrogen and oxygen atoms in total. The summed E-state index contributed by atoms with van der Waals surface area (Å²) in [6.45, 7) is 1.27. The van der Waals surface area contributed by atoms with Crippen LogP contribution in [0.2, 0.25) is 0 Å². The van der Waals surface area contributed by atoms with E-state index < -0.39 is 6.10 Å². The van der Waals surface area contributed by atoms with Gasteiger partial charge in [0.1, 0.15) is 0 Å². The highest BCUT2D eigenvalue weighted by atomic mass is 16.5. The van der Waals surface area contributed by atoms with Crippen molar-refractivity contribution in [1.82, 2.24) is 0 Å². The summed E-state index contributed by atoms with van der Waals surface area (Å²) in [4.78, 5) is 0. The lowest BCUT2D eigenvalue weighted by molar-refractivity contribution is 0.0404. The fraction of sp³-hybridized carbons (Fsp3) is 0.500. The Balaban J connectivity index is 2.03. The minimum Gasteiger partial charge on any atom is -0.389 e. The van der Waals surface area contributed by atoms with Crippen molar-refractivity contribution in [3.05, 3.63) is 35.9 Å². The van der Waals surface area contributed by atoms with Gasteiger partial charge in [0.2, 0.25) is 0 Å². The maximum atomic E-state index is 9.12. The van der Waals surface area contributed by atoms with Crippen molar-refractivity contribution in [3.8, 4) is 0 Å². The predicted octanol–water partition coefficient (Wildman–Crippen LogP) is 0.955. The number of aliphatic hydroxyl groups is 1. The van der Waals surface area contributed by atoms with Crippen LogP contribution in [0.3, 0.4) is 0 Å². The van der Waals surface area contributed by atoms with Crippen LogP contribution < -0.4 is 5.73 Å². The lowest BCUT2D eigenvalue weighted by Gasteiger charge is -2.08. The summed E-state index contributed by atoms with van der Waals surface area (Å²) >= 11 is 0. The van der Waals surface area contributed by atoms with Gasteiger partial charge >= 0.3 is 0 Å². The lowest BCUT2D eigenvalue weighted by Crippen LogP contribution is -2.25. The Kier molecular flexibility index (Phi) is 6.00. The molecule has 84 valence electrons. The molecule has 0 saturated carbocycles. The van der Waals surface area contributed by atoms with E-state index in [2.05, 4.69) is 12.1 Å². The number of hydrogen-bond acceptors (Lipinski definition) is 3. The Morgan fingerprint density at radius 3 is 2.67 bits per heavy atom. The second kappa shape index (κ2) is 7.40. The molecule has 0 aliphatic carbocycles. The maximum absolute atomic E-state index is 9.12. The first-order valence-corrected chi connectivity index (χ1v) is 5.32. The summed E-state index contributed by atoms with van der Waals surface area (Å²) in [5.74, 6) is 0. The van der Waals surface area contributed by atoms with E-state index in [9.17, 15) is 0 Å². The standard InChI is InChI=1S/C12H19NO2/c13-9-12(14)10-15-8-4-7-11-5-2-1-3-6-11/h1-3,5-6,12,14H,4,7-10,13H2/t12-/m0/s1. The van der Waals surface area contributed by atoms with E-state index in [1.807, 2.05) is 18.2 Å². The minimum absolute atomic E-state index is 0.263. The second-order valence-corrected chi connectivity index (χ2v) is 3.55. The third-order valence-corrected chi connectivity index (χ3v) is 2.18. The first kappa shape index (κ1) is 12.2. The van der Waals surface area contributed by atoms with Crippen molar-refractivity contribution < 1.29 is 9.84 Å². The molecule has 0 aliphatic heterocycles. The van der Waals surface area contributed by atoms with Gasteiger partial charge in [0.25, 0.3) is 0 Å². The third-order valence-electron chi connectivity index (χ3n) is 2.18. The normalized spacial score (nSPS) is 12.7. The Bertz CT molecular complexity index is 251. The summed E-state index contributed by atoms with van der Waals surface area (Å²) in [6.07, 6.45) is 1.46. The van der Waals surface area contributed by atoms with Crippen LogP contribution in [0.4, 0.5) is 0 Å². The van der Waals surface area contributed by atoms with Crippen LogP contribution in [0.25, 0.3) is 0 Å².